The molecule has 0 bridgehead atoms. The number of nitrogens with one attached hydrogen (secondary N) is 1. The van der Waals surface area contributed by atoms with Crippen LogP contribution in [0, 0.1) is 0 Å². The molecule has 15 heteroatoms. The van der Waals surface area contributed by atoms with E-state index in [1.165, 1.54) is 11.1 Å². The number of likely N-dealkylation sites (tertiary alicyclic amines) is 1. The molecule has 1 aliphatic rings. The van der Waals surface area contributed by atoms with E-state index in [0.29, 0.717) is 17.8 Å². The second-order valence-electron chi connectivity index (χ2n) is 13.7. The number of piperidine rings is 1. The monoisotopic (exact) mass is 747 g/mol. The zero-order valence-electron chi connectivity index (χ0n) is 30.5. The van der Waals surface area contributed by atoms with Gasteiger partial charge in [0.05, 0.1) is 30.8 Å². The van der Waals surface area contributed by atoms with E-state index in [9.17, 15) is 24.3 Å². The largest absolute Gasteiger partial charge is 0.481 e. The number of carboxylic acid groups (broad SMARTS) is 4. The van der Waals surface area contributed by atoms with Gasteiger partial charge in [0.25, 0.3) is 0 Å². The lowest BCUT2D eigenvalue weighted by Crippen LogP contribution is -2.42. The Kier molecular flexibility index (Phi) is 14.6. The Morgan fingerprint density at radius 3 is 1.94 bits per heavy atom. The Labute approximate surface area is 313 Å². The quantitative estimate of drug-likeness (QED) is 0.0760. The molecule has 2 aromatic heterocycles. The summed E-state index contributed by atoms with van der Waals surface area (Å²) < 4.78 is 8.37. The van der Waals surface area contributed by atoms with Gasteiger partial charge in [-0.1, -0.05) is 74.0 Å². The minimum Gasteiger partial charge on any atom is -0.481 e. The van der Waals surface area contributed by atoms with Crippen molar-refractivity contribution in [1.82, 2.24) is 19.5 Å². The van der Waals surface area contributed by atoms with Crippen molar-refractivity contribution >= 4 is 35.3 Å². The highest BCUT2D eigenvalue weighted by atomic mass is 16.5. The summed E-state index contributed by atoms with van der Waals surface area (Å²) in [5.74, 6) is -5.12. The summed E-state index contributed by atoms with van der Waals surface area (Å²) in [4.78, 5) is 49.5. The van der Waals surface area contributed by atoms with E-state index in [4.69, 9.17) is 25.2 Å². The number of anilines is 1. The van der Waals surface area contributed by atoms with Crippen LogP contribution in [0.3, 0.4) is 0 Å². The zero-order chi connectivity index (χ0) is 39.3. The molecule has 54 heavy (non-hydrogen) atoms. The summed E-state index contributed by atoms with van der Waals surface area (Å²) in [6.45, 7) is 7.61. The van der Waals surface area contributed by atoms with Crippen LogP contribution in [0.4, 0.5) is 5.82 Å². The fourth-order valence-corrected chi connectivity index (χ4v) is 6.39. The van der Waals surface area contributed by atoms with Crippen LogP contribution < -0.4 is 5.32 Å². The van der Waals surface area contributed by atoms with E-state index >= 15 is 0 Å². The molecule has 1 saturated heterocycles. The van der Waals surface area contributed by atoms with Crippen LogP contribution in [-0.4, -0.2) is 107 Å². The highest BCUT2D eigenvalue weighted by Crippen LogP contribution is 2.31. The van der Waals surface area contributed by atoms with Crippen molar-refractivity contribution in [2.24, 2.45) is 0 Å². The molecule has 1 aliphatic heterocycles. The highest BCUT2D eigenvalue weighted by molar-refractivity contribution is 5.88. The molecule has 6 N–H and O–H groups in total. The van der Waals surface area contributed by atoms with Crippen molar-refractivity contribution in [2.75, 3.05) is 31.5 Å². The van der Waals surface area contributed by atoms with Crippen LogP contribution in [0.25, 0.3) is 5.65 Å². The van der Waals surface area contributed by atoms with E-state index in [-0.39, 0.29) is 12.2 Å². The molecule has 1 atom stereocenters. The first-order valence-electron chi connectivity index (χ1n) is 18.0. The first kappa shape index (κ1) is 41.4. The van der Waals surface area contributed by atoms with Crippen molar-refractivity contribution in [2.45, 2.75) is 82.0 Å². The standard InChI is InChI=1S/C33H41N5O3.C6H8O7/c1-3-19-33(2,32(39)40)28-24-38-30(35-28)16-15-29(36-38)34-20-10-21-37-22-17-27(18-23-37)41-31(25-11-6-4-7-12-25)26-13-8-5-9-14-26;7-3(8)1-6(13,5(11)12)2-4(9)10/h4-9,11-16,24,27,31H,3,10,17-23H2,1-2H3,(H,34,36)(H,39,40);13H,1-2H2,(H,7,8)(H,9,10)(H,11,12). The Bertz CT molecular complexity index is 1790. The van der Waals surface area contributed by atoms with Crippen molar-refractivity contribution in [3.63, 3.8) is 0 Å². The third-order valence-corrected chi connectivity index (χ3v) is 9.42. The maximum absolute atomic E-state index is 12.0. The molecule has 1 unspecified atom stereocenters. The normalized spacial score (nSPS) is 14.9. The number of rotatable bonds is 18. The number of benzene rings is 2. The maximum Gasteiger partial charge on any atom is 0.336 e. The summed E-state index contributed by atoms with van der Waals surface area (Å²) in [5.41, 5.74) is -0.162. The van der Waals surface area contributed by atoms with Crippen LogP contribution >= 0.6 is 0 Å². The molecule has 15 nitrogen and oxygen atoms in total. The fourth-order valence-electron chi connectivity index (χ4n) is 6.39. The predicted molar refractivity (Wildman–Crippen MR) is 198 cm³/mol. The number of aromatic nitrogens is 3. The molecule has 0 radical (unpaired) electrons. The third kappa shape index (κ3) is 11.3. The van der Waals surface area contributed by atoms with E-state index in [2.05, 4.69) is 68.8 Å². The molecule has 3 heterocycles. The minimum absolute atomic E-state index is 0.0425. The summed E-state index contributed by atoms with van der Waals surface area (Å²) in [5, 5.41) is 51.6. The second kappa shape index (κ2) is 19.1. The van der Waals surface area contributed by atoms with Crippen molar-refractivity contribution in [3.8, 4) is 0 Å². The molecule has 5 rings (SSSR count). The summed E-state index contributed by atoms with van der Waals surface area (Å²) in [6, 6.07) is 24.8. The van der Waals surface area contributed by atoms with Crippen LogP contribution in [0.15, 0.2) is 79.0 Å². The van der Waals surface area contributed by atoms with Gasteiger partial charge in [-0.05, 0) is 62.4 Å². The number of carbonyl (C=O) groups is 4. The zero-order valence-corrected chi connectivity index (χ0v) is 30.5. The van der Waals surface area contributed by atoms with Gasteiger partial charge < -0.3 is 40.5 Å². The number of carboxylic acids is 4. The molecule has 4 aromatic rings. The molecule has 2 aromatic carbocycles. The Balaban J connectivity index is 0.000000428. The summed E-state index contributed by atoms with van der Waals surface area (Å²) in [6.07, 6.45) is 4.01. The van der Waals surface area contributed by atoms with E-state index < -0.39 is 47.7 Å². The first-order valence-corrected chi connectivity index (χ1v) is 18.0. The van der Waals surface area contributed by atoms with Crippen molar-refractivity contribution < 1.29 is 49.4 Å². The van der Waals surface area contributed by atoms with Gasteiger partial charge in [-0.15, -0.1) is 5.10 Å². The second-order valence-corrected chi connectivity index (χ2v) is 13.7. The first-order chi connectivity index (χ1) is 25.7. The summed E-state index contributed by atoms with van der Waals surface area (Å²) in [7, 11) is 0. The van der Waals surface area contributed by atoms with E-state index in [1.54, 1.807) is 17.6 Å². The number of ether oxygens (including phenoxy) is 1. The minimum atomic E-state index is -2.74. The van der Waals surface area contributed by atoms with Crippen molar-refractivity contribution in [1.29, 1.82) is 0 Å². The molecular weight excluding hydrogens is 698 g/mol. The van der Waals surface area contributed by atoms with Gasteiger partial charge >= 0.3 is 23.9 Å². The number of nitrogens with zero attached hydrogens (tertiary/aromatic N) is 4. The van der Waals surface area contributed by atoms with Gasteiger partial charge in [0.15, 0.2) is 11.2 Å². The number of aliphatic hydroxyl groups is 1. The predicted octanol–water partition coefficient (Wildman–Crippen LogP) is 4.70. The molecule has 0 aliphatic carbocycles. The van der Waals surface area contributed by atoms with Crippen molar-refractivity contribution in [3.05, 3.63) is 95.8 Å². The van der Waals surface area contributed by atoms with Crippen LogP contribution in [0.5, 0.6) is 0 Å². The lowest BCUT2D eigenvalue weighted by Gasteiger charge is -2.34. The number of imidazole rings is 1. The highest BCUT2D eigenvalue weighted by Gasteiger charge is 2.41. The maximum atomic E-state index is 12.0. The van der Waals surface area contributed by atoms with Crippen LogP contribution in [-0.2, 0) is 29.3 Å². The molecule has 1 fully saturated rings. The van der Waals surface area contributed by atoms with Crippen LogP contribution in [0.1, 0.15) is 81.7 Å². The van der Waals surface area contributed by atoms with Gasteiger partial charge in [-0.2, -0.15) is 0 Å². The van der Waals surface area contributed by atoms with Gasteiger partial charge in [0.2, 0.25) is 0 Å². The molecule has 290 valence electrons. The van der Waals surface area contributed by atoms with E-state index in [0.717, 1.165) is 57.7 Å². The van der Waals surface area contributed by atoms with Crippen LogP contribution in [0.2, 0.25) is 0 Å². The van der Waals surface area contributed by atoms with E-state index in [1.807, 2.05) is 31.2 Å². The van der Waals surface area contributed by atoms with Gasteiger partial charge in [0.1, 0.15) is 17.3 Å². The van der Waals surface area contributed by atoms with Gasteiger partial charge in [-0.25, -0.2) is 14.3 Å². The Morgan fingerprint density at radius 1 is 0.870 bits per heavy atom. The topological polar surface area (TPSA) is 224 Å². The average Bonchev–Trinajstić information content (AvgIpc) is 3.58. The Hall–Kier alpha value is -5.38. The molecule has 0 spiro atoms. The average molecular weight is 748 g/mol. The molecule has 0 saturated carbocycles. The fraction of sp³-hybridized carbons (Fsp3) is 0.436. The van der Waals surface area contributed by atoms with Gasteiger partial charge in [-0.3, -0.25) is 14.4 Å². The smallest absolute Gasteiger partial charge is 0.336 e. The molecule has 0 amide bonds. The number of hydrogen-bond acceptors (Lipinski definition) is 10. The lowest BCUT2D eigenvalue weighted by molar-refractivity contribution is -0.170. The third-order valence-electron chi connectivity index (χ3n) is 9.42. The number of hydrogen-bond donors (Lipinski definition) is 6. The SMILES string of the molecule is CCCC(C)(C(=O)O)c1cn2nc(NCCCN3CCC(OC(c4ccccc4)c4ccccc4)CC3)ccc2n1.O=C(O)CC(O)(CC(=O)O)C(=O)O. The number of fused-ring (bicyclic) bond motifs is 1. The summed E-state index contributed by atoms with van der Waals surface area (Å²) >= 11 is 0. The Morgan fingerprint density at radius 2 is 1.44 bits per heavy atom. The lowest BCUT2D eigenvalue weighted by atomic mass is 9.83. The number of aliphatic carboxylic acids is 4. The molecular formula is C39H49N5O10. The van der Waals surface area contributed by atoms with Gasteiger partial charge in [0, 0.05) is 19.6 Å².